The molecule has 0 fully saturated rings. The molecule has 2 aromatic heterocycles. The molecule has 0 aliphatic rings. The smallest absolute Gasteiger partial charge is 0.262 e. The minimum Gasteiger partial charge on any atom is -0.467 e. The Labute approximate surface area is 172 Å². The van der Waals surface area contributed by atoms with Gasteiger partial charge in [-0.2, -0.15) is 5.26 Å². The van der Waals surface area contributed by atoms with Crippen molar-refractivity contribution in [1.29, 1.82) is 5.26 Å². The first-order valence-electron chi connectivity index (χ1n) is 9.39. The average Bonchev–Trinajstić information content (AvgIpc) is 3.39. The molecule has 5 nitrogen and oxygen atoms in total. The van der Waals surface area contributed by atoms with E-state index >= 15 is 0 Å². The number of nitrogens with one attached hydrogen (secondary N) is 1. The Morgan fingerprint density at radius 3 is 2.80 bits per heavy atom. The van der Waals surface area contributed by atoms with Crippen LogP contribution in [0.15, 0.2) is 83.1 Å². The Balaban J connectivity index is 1.64. The van der Waals surface area contributed by atoms with Gasteiger partial charge in [-0.1, -0.05) is 30.3 Å². The number of hydrogen-bond donors (Lipinski definition) is 1. The molecule has 0 bridgehead atoms. The zero-order chi connectivity index (χ0) is 20.9. The van der Waals surface area contributed by atoms with Crippen LogP contribution in [0, 0.1) is 17.1 Å². The number of carbonyl (C=O) groups excluding carboxylic acids is 1. The maximum atomic E-state index is 13.6. The van der Waals surface area contributed by atoms with Gasteiger partial charge in [-0.25, -0.2) is 4.39 Å². The second kappa shape index (κ2) is 8.50. The summed E-state index contributed by atoms with van der Waals surface area (Å²) in [5, 5.41) is 13.1. The maximum absolute atomic E-state index is 13.6. The van der Waals surface area contributed by atoms with Gasteiger partial charge in [-0.05, 0) is 42.0 Å². The summed E-state index contributed by atoms with van der Waals surface area (Å²) in [6.45, 7) is 0.672. The molecule has 0 atom stereocenters. The van der Waals surface area contributed by atoms with E-state index in [4.69, 9.17) is 4.42 Å². The molecule has 1 N–H and O–H groups in total. The monoisotopic (exact) mass is 399 g/mol. The molecule has 0 unspecified atom stereocenters. The number of rotatable bonds is 6. The number of halogens is 1. The maximum Gasteiger partial charge on any atom is 0.262 e. The van der Waals surface area contributed by atoms with E-state index < -0.39 is 5.91 Å². The SMILES string of the molecule is N#CC(=Cc1cn(Cc2cccc(F)c2)c2ccccc12)C(=O)NCc1ccco1. The summed E-state index contributed by atoms with van der Waals surface area (Å²) in [6.07, 6.45) is 4.96. The molecular formula is C24H18FN3O2. The van der Waals surface area contributed by atoms with Crippen molar-refractivity contribution in [3.8, 4) is 6.07 Å². The van der Waals surface area contributed by atoms with Gasteiger partial charge in [-0.15, -0.1) is 0 Å². The van der Waals surface area contributed by atoms with E-state index in [1.54, 1.807) is 24.3 Å². The fourth-order valence-corrected chi connectivity index (χ4v) is 3.33. The first kappa shape index (κ1) is 19.2. The minimum atomic E-state index is -0.476. The molecule has 0 saturated heterocycles. The first-order valence-corrected chi connectivity index (χ1v) is 9.39. The number of hydrogen-bond acceptors (Lipinski definition) is 3. The normalized spacial score (nSPS) is 11.4. The van der Waals surface area contributed by atoms with Crippen molar-refractivity contribution in [2.45, 2.75) is 13.1 Å². The second-order valence-electron chi connectivity index (χ2n) is 6.79. The second-order valence-corrected chi connectivity index (χ2v) is 6.79. The first-order chi connectivity index (χ1) is 14.6. The number of nitrogens with zero attached hydrogens (tertiary/aromatic N) is 2. The van der Waals surface area contributed by atoms with Crippen molar-refractivity contribution >= 4 is 22.9 Å². The molecule has 30 heavy (non-hydrogen) atoms. The van der Waals surface area contributed by atoms with Crippen LogP contribution in [0.4, 0.5) is 4.39 Å². The lowest BCUT2D eigenvalue weighted by Crippen LogP contribution is -2.23. The van der Waals surface area contributed by atoms with Crippen LogP contribution < -0.4 is 5.32 Å². The third-order valence-electron chi connectivity index (χ3n) is 4.73. The highest BCUT2D eigenvalue weighted by atomic mass is 19.1. The van der Waals surface area contributed by atoms with E-state index in [0.29, 0.717) is 12.3 Å². The number of aromatic nitrogens is 1. The lowest BCUT2D eigenvalue weighted by Gasteiger charge is -2.05. The Morgan fingerprint density at radius 2 is 2.03 bits per heavy atom. The Kier molecular flexibility index (Phi) is 5.44. The summed E-state index contributed by atoms with van der Waals surface area (Å²) in [5.74, 6) is -0.160. The minimum absolute atomic E-state index is 0.00443. The fraction of sp³-hybridized carbons (Fsp3) is 0.0833. The topological polar surface area (TPSA) is 71.0 Å². The van der Waals surface area contributed by atoms with Gasteiger partial charge in [0.2, 0.25) is 0 Å². The zero-order valence-electron chi connectivity index (χ0n) is 16.0. The van der Waals surface area contributed by atoms with E-state index in [9.17, 15) is 14.4 Å². The molecule has 6 heteroatoms. The number of furan rings is 1. The van der Waals surface area contributed by atoms with Gasteiger partial charge >= 0.3 is 0 Å². The number of nitriles is 1. The van der Waals surface area contributed by atoms with E-state index in [1.807, 2.05) is 47.2 Å². The van der Waals surface area contributed by atoms with Crippen LogP contribution in [-0.4, -0.2) is 10.5 Å². The molecule has 2 heterocycles. The van der Waals surface area contributed by atoms with Crippen molar-refractivity contribution in [3.05, 3.63) is 101 Å². The van der Waals surface area contributed by atoms with Crippen molar-refractivity contribution in [3.63, 3.8) is 0 Å². The molecular weight excluding hydrogens is 381 g/mol. The van der Waals surface area contributed by atoms with Crippen LogP contribution in [0.5, 0.6) is 0 Å². The summed E-state index contributed by atoms with van der Waals surface area (Å²) in [6, 6.07) is 19.6. The molecule has 148 valence electrons. The number of fused-ring (bicyclic) bond motifs is 1. The molecule has 4 aromatic rings. The number of carbonyl (C=O) groups is 1. The van der Waals surface area contributed by atoms with Crippen molar-refractivity contribution < 1.29 is 13.6 Å². The van der Waals surface area contributed by atoms with Gasteiger partial charge in [0, 0.05) is 29.2 Å². The van der Waals surface area contributed by atoms with Crippen molar-refractivity contribution in [2.24, 2.45) is 0 Å². The predicted molar refractivity (Wildman–Crippen MR) is 112 cm³/mol. The Bertz CT molecular complexity index is 1260. The van der Waals surface area contributed by atoms with Crippen LogP contribution in [-0.2, 0) is 17.9 Å². The van der Waals surface area contributed by atoms with Gasteiger partial charge in [0.15, 0.2) is 0 Å². The lowest BCUT2D eigenvalue weighted by molar-refractivity contribution is -0.117. The average molecular weight is 399 g/mol. The summed E-state index contributed by atoms with van der Waals surface area (Å²) in [5.41, 5.74) is 2.49. The van der Waals surface area contributed by atoms with Crippen LogP contribution >= 0.6 is 0 Å². The van der Waals surface area contributed by atoms with Gasteiger partial charge < -0.3 is 14.3 Å². The largest absolute Gasteiger partial charge is 0.467 e. The summed E-state index contributed by atoms with van der Waals surface area (Å²) in [7, 11) is 0. The summed E-state index contributed by atoms with van der Waals surface area (Å²) in [4.78, 5) is 12.5. The van der Waals surface area contributed by atoms with E-state index in [2.05, 4.69) is 5.32 Å². The lowest BCUT2D eigenvalue weighted by atomic mass is 10.1. The van der Waals surface area contributed by atoms with Gasteiger partial charge in [0.05, 0.1) is 12.8 Å². The molecule has 0 aliphatic heterocycles. The van der Waals surface area contributed by atoms with E-state index in [1.165, 1.54) is 18.4 Å². The number of benzene rings is 2. The van der Waals surface area contributed by atoms with E-state index in [-0.39, 0.29) is 17.9 Å². The van der Waals surface area contributed by atoms with Crippen LogP contribution in [0.2, 0.25) is 0 Å². The molecule has 1 amide bonds. The van der Waals surface area contributed by atoms with Crippen LogP contribution in [0.25, 0.3) is 17.0 Å². The number of amides is 1. The molecule has 4 rings (SSSR count). The summed E-state index contributed by atoms with van der Waals surface area (Å²) >= 11 is 0. The Hall–Kier alpha value is -4.11. The molecule has 0 spiro atoms. The van der Waals surface area contributed by atoms with Crippen LogP contribution in [0.3, 0.4) is 0 Å². The highest BCUT2D eigenvalue weighted by Gasteiger charge is 2.13. The number of para-hydroxylation sites is 1. The van der Waals surface area contributed by atoms with E-state index in [0.717, 1.165) is 22.0 Å². The quantitative estimate of drug-likeness (QED) is 0.379. The molecule has 0 aliphatic carbocycles. The van der Waals surface area contributed by atoms with Crippen molar-refractivity contribution in [2.75, 3.05) is 0 Å². The summed E-state index contributed by atoms with van der Waals surface area (Å²) < 4.78 is 20.7. The Morgan fingerprint density at radius 1 is 1.17 bits per heavy atom. The van der Waals surface area contributed by atoms with Crippen molar-refractivity contribution in [1.82, 2.24) is 9.88 Å². The zero-order valence-corrected chi connectivity index (χ0v) is 16.0. The predicted octanol–water partition coefficient (Wildman–Crippen LogP) is 4.65. The van der Waals surface area contributed by atoms with Gasteiger partial charge in [0.25, 0.3) is 5.91 Å². The highest BCUT2D eigenvalue weighted by molar-refractivity contribution is 6.04. The highest BCUT2D eigenvalue weighted by Crippen LogP contribution is 2.24. The van der Waals surface area contributed by atoms with Gasteiger partial charge in [0.1, 0.15) is 23.2 Å². The third kappa shape index (κ3) is 4.15. The molecule has 0 saturated carbocycles. The van der Waals surface area contributed by atoms with Gasteiger partial charge in [-0.3, -0.25) is 4.79 Å². The fourth-order valence-electron chi connectivity index (χ4n) is 3.33. The third-order valence-corrected chi connectivity index (χ3v) is 4.73. The molecule has 0 radical (unpaired) electrons. The molecule has 2 aromatic carbocycles. The van der Waals surface area contributed by atoms with Crippen LogP contribution in [0.1, 0.15) is 16.9 Å². The standard InChI is InChI=1S/C24H18FN3O2/c25-20-6-3-5-17(11-20)15-28-16-19(22-8-1-2-9-23(22)28)12-18(13-26)24(29)27-14-21-7-4-10-30-21/h1-12,16H,14-15H2,(H,27,29).